The molecule has 5 nitrogen and oxygen atoms in total. The van der Waals surface area contributed by atoms with Crippen molar-refractivity contribution in [2.45, 2.75) is 45.4 Å². The Hall–Kier alpha value is -0.820. The maximum Gasteiger partial charge on any atom is 0.223 e. The summed E-state index contributed by atoms with van der Waals surface area (Å²) in [7, 11) is -3.53. The van der Waals surface area contributed by atoms with Crippen molar-refractivity contribution in [3.63, 3.8) is 0 Å². The molecule has 0 aliphatic carbocycles. The van der Waals surface area contributed by atoms with Gasteiger partial charge in [-0.25, -0.2) is 12.7 Å². The Morgan fingerprint density at radius 1 is 1.19 bits per heavy atom. The third-order valence-electron chi connectivity index (χ3n) is 4.98. The van der Waals surface area contributed by atoms with Gasteiger partial charge in [0.2, 0.25) is 15.9 Å². The number of carbonyl (C=O) groups is 1. The van der Waals surface area contributed by atoms with E-state index in [1.807, 2.05) is 6.92 Å². The number of benzene rings is 1. The number of sulfonamides is 1. The molecule has 1 amide bonds. The van der Waals surface area contributed by atoms with E-state index in [9.17, 15) is 13.2 Å². The molecule has 1 aromatic rings. The maximum atomic E-state index is 12.7. The molecule has 8 heteroatoms. The summed E-state index contributed by atoms with van der Waals surface area (Å²) in [6, 6.07) is 5.05. The molecular weight excluding hydrogens is 395 g/mol. The molecule has 1 atom stereocenters. The highest BCUT2D eigenvalue weighted by Gasteiger charge is 2.32. The Bertz CT molecular complexity index is 725. The molecule has 0 spiro atoms. The second-order valence-corrected chi connectivity index (χ2v) is 9.95. The van der Waals surface area contributed by atoms with E-state index in [0.717, 1.165) is 0 Å². The van der Waals surface area contributed by atoms with Crippen molar-refractivity contribution in [1.82, 2.24) is 9.62 Å². The molecule has 1 saturated heterocycles. The van der Waals surface area contributed by atoms with Gasteiger partial charge in [0.15, 0.2) is 0 Å². The van der Waals surface area contributed by atoms with Crippen molar-refractivity contribution >= 4 is 39.1 Å². The lowest BCUT2D eigenvalue weighted by molar-refractivity contribution is -0.127. The summed E-state index contributed by atoms with van der Waals surface area (Å²) < 4.78 is 26.9. The summed E-state index contributed by atoms with van der Waals surface area (Å²) in [5, 5.41) is 3.71. The van der Waals surface area contributed by atoms with Gasteiger partial charge in [0.25, 0.3) is 0 Å². The highest BCUT2D eigenvalue weighted by molar-refractivity contribution is 7.88. The molecule has 0 aromatic heterocycles. The summed E-state index contributed by atoms with van der Waals surface area (Å²) in [5.41, 5.74) is 0.418. The van der Waals surface area contributed by atoms with Crippen LogP contribution in [0.5, 0.6) is 0 Å². The number of nitrogens with one attached hydrogen (secondary N) is 1. The van der Waals surface area contributed by atoms with Crippen LogP contribution in [0.15, 0.2) is 18.2 Å². The molecule has 1 N–H and O–H groups in total. The van der Waals surface area contributed by atoms with Gasteiger partial charge >= 0.3 is 0 Å². The smallest absolute Gasteiger partial charge is 0.223 e. The van der Waals surface area contributed by atoms with E-state index in [4.69, 9.17) is 23.2 Å². The van der Waals surface area contributed by atoms with Gasteiger partial charge in [-0.3, -0.25) is 4.79 Å². The zero-order valence-electron chi connectivity index (χ0n) is 15.3. The van der Waals surface area contributed by atoms with Crippen LogP contribution in [0.1, 0.15) is 39.2 Å². The first-order valence-electron chi connectivity index (χ1n) is 8.83. The molecule has 26 heavy (non-hydrogen) atoms. The zero-order chi connectivity index (χ0) is 19.5. The van der Waals surface area contributed by atoms with Gasteiger partial charge in [-0.1, -0.05) is 43.1 Å². The second kappa shape index (κ2) is 8.91. The van der Waals surface area contributed by atoms with E-state index in [1.54, 1.807) is 18.2 Å². The zero-order valence-corrected chi connectivity index (χ0v) is 17.7. The molecule has 1 fully saturated rings. The summed E-state index contributed by atoms with van der Waals surface area (Å²) in [6.07, 6.45) is 1.04. The first kappa shape index (κ1) is 21.5. The van der Waals surface area contributed by atoms with Crippen molar-refractivity contribution < 1.29 is 13.2 Å². The second-order valence-electron chi connectivity index (χ2n) is 7.17. The van der Waals surface area contributed by atoms with Gasteiger partial charge in [0.1, 0.15) is 0 Å². The van der Waals surface area contributed by atoms with Gasteiger partial charge < -0.3 is 5.32 Å². The lowest BCUT2D eigenvalue weighted by atomic mass is 9.96. The number of carbonyl (C=O) groups excluding carboxylic acids is 1. The first-order valence-corrected chi connectivity index (χ1v) is 11.2. The van der Waals surface area contributed by atoms with Crippen LogP contribution in [0.3, 0.4) is 0 Å². The number of hydrogen-bond donors (Lipinski definition) is 1. The molecule has 146 valence electrons. The Balaban J connectivity index is 1.97. The van der Waals surface area contributed by atoms with Crippen molar-refractivity contribution in [2.75, 3.05) is 13.1 Å². The van der Waals surface area contributed by atoms with Crippen LogP contribution in [0.4, 0.5) is 0 Å². The minimum absolute atomic E-state index is 0.0115. The number of amides is 1. The van der Waals surface area contributed by atoms with Gasteiger partial charge in [-0.15, -0.1) is 0 Å². The first-order chi connectivity index (χ1) is 12.1. The van der Waals surface area contributed by atoms with Crippen LogP contribution in [-0.4, -0.2) is 37.8 Å². The molecule has 1 unspecified atom stereocenters. The normalized spacial score (nSPS) is 18.1. The van der Waals surface area contributed by atoms with Crippen LogP contribution in [0.25, 0.3) is 0 Å². The topological polar surface area (TPSA) is 66.5 Å². The van der Waals surface area contributed by atoms with Crippen molar-refractivity contribution in [3.05, 3.63) is 33.8 Å². The number of piperidine rings is 1. The van der Waals surface area contributed by atoms with E-state index in [2.05, 4.69) is 19.2 Å². The van der Waals surface area contributed by atoms with Crippen molar-refractivity contribution in [3.8, 4) is 0 Å². The maximum absolute atomic E-state index is 12.7. The lowest BCUT2D eigenvalue weighted by Crippen LogP contribution is -2.46. The molecule has 1 aliphatic heterocycles. The van der Waals surface area contributed by atoms with Crippen LogP contribution in [0, 0.1) is 11.8 Å². The van der Waals surface area contributed by atoms with Crippen molar-refractivity contribution in [1.29, 1.82) is 0 Å². The lowest BCUT2D eigenvalue weighted by Gasteiger charge is -2.31. The quantitative estimate of drug-likeness (QED) is 0.762. The molecule has 2 rings (SSSR count). The molecule has 0 bridgehead atoms. The molecule has 1 heterocycles. The van der Waals surface area contributed by atoms with E-state index in [1.165, 1.54) is 4.31 Å². The summed E-state index contributed by atoms with van der Waals surface area (Å²) in [5.74, 6) is -0.00373. The van der Waals surface area contributed by atoms with Crippen LogP contribution in [-0.2, 0) is 20.6 Å². The average Bonchev–Trinajstić information content (AvgIpc) is 2.58. The molecule has 1 aromatic carbocycles. The minimum atomic E-state index is -3.53. The standard InChI is InChI=1S/C18H26Cl2N2O3S/c1-12(2)13(3)21-18(23)14-7-9-22(10-8-14)26(24,25)11-15-16(19)5-4-6-17(15)20/h4-6,12-14H,7-11H2,1-3H3,(H,21,23). The van der Waals surface area contributed by atoms with E-state index >= 15 is 0 Å². The van der Waals surface area contributed by atoms with Gasteiger partial charge in [-0.2, -0.15) is 0 Å². The fourth-order valence-electron chi connectivity index (χ4n) is 2.85. The van der Waals surface area contributed by atoms with Gasteiger partial charge in [0.05, 0.1) is 5.75 Å². The Labute approximate surface area is 166 Å². The Morgan fingerprint density at radius 3 is 2.23 bits per heavy atom. The number of nitrogens with zero attached hydrogens (tertiary/aromatic N) is 1. The average molecular weight is 421 g/mol. The monoisotopic (exact) mass is 420 g/mol. The minimum Gasteiger partial charge on any atom is -0.353 e. The van der Waals surface area contributed by atoms with E-state index < -0.39 is 10.0 Å². The Kier molecular flexibility index (Phi) is 7.36. The third-order valence-corrected chi connectivity index (χ3v) is 7.49. The Morgan fingerprint density at radius 2 is 1.73 bits per heavy atom. The fourth-order valence-corrected chi connectivity index (χ4v) is 5.16. The van der Waals surface area contributed by atoms with Gasteiger partial charge in [-0.05, 0) is 37.8 Å². The number of rotatable bonds is 6. The molecule has 0 saturated carbocycles. The number of halogens is 2. The predicted molar refractivity (Wildman–Crippen MR) is 106 cm³/mol. The highest BCUT2D eigenvalue weighted by atomic mass is 35.5. The molecular formula is C18H26Cl2N2O3S. The largest absolute Gasteiger partial charge is 0.353 e. The summed E-state index contributed by atoms with van der Waals surface area (Å²) in [4.78, 5) is 12.3. The highest BCUT2D eigenvalue weighted by Crippen LogP contribution is 2.29. The fraction of sp³-hybridized carbons (Fsp3) is 0.611. The van der Waals surface area contributed by atoms with E-state index in [0.29, 0.717) is 47.5 Å². The third kappa shape index (κ3) is 5.35. The van der Waals surface area contributed by atoms with Crippen LogP contribution >= 0.6 is 23.2 Å². The predicted octanol–water partition coefficient (Wildman–Crippen LogP) is 3.70. The van der Waals surface area contributed by atoms with Crippen LogP contribution in [0.2, 0.25) is 10.0 Å². The molecule has 0 radical (unpaired) electrons. The SMILES string of the molecule is CC(C)C(C)NC(=O)C1CCN(S(=O)(=O)Cc2c(Cl)cccc2Cl)CC1. The van der Waals surface area contributed by atoms with Crippen LogP contribution < -0.4 is 5.32 Å². The van der Waals surface area contributed by atoms with E-state index in [-0.39, 0.29) is 23.6 Å². The van der Waals surface area contributed by atoms with Crippen molar-refractivity contribution in [2.24, 2.45) is 11.8 Å². The summed E-state index contributed by atoms with van der Waals surface area (Å²) in [6.45, 7) is 6.76. The molecule has 1 aliphatic rings. The summed E-state index contributed by atoms with van der Waals surface area (Å²) >= 11 is 12.2. The number of hydrogen-bond acceptors (Lipinski definition) is 3. The van der Waals surface area contributed by atoms with Gasteiger partial charge in [0, 0.05) is 40.7 Å².